The number of para-hydroxylation sites is 1. The summed E-state index contributed by atoms with van der Waals surface area (Å²) in [5.41, 5.74) is 3.83. The van der Waals surface area contributed by atoms with Crippen LogP contribution in [0.4, 0.5) is 11.7 Å². The number of aryl methyl sites for hydroxylation is 1. The number of halogens is 1. The number of anilines is 2. The third-order valence-corrected chi connectivity index (χ3v) is 5.58. The van der Waals surface area contributed by atoms with E-state index in [0.29, 0.717) is 34.4 Å². The lowest BCUT2D eigenvalue weighted by Gasteiger charge is -2.20. The molecule has 0 atom stereocenters. The molecule has 5 aromatic rings. The molecule has 10 nitrogen and oxygen atoms in total. The molecule has 4 heterocycles. The van der Waals surface area contributed by atoms with Crippen LogP contribution in [0.3, 0.4) is 0 Å². The SMILES string of the molecule is CCNC(=O)CN(c1nnc(-c2c[nH]c3ncc(-c4cnn(C)c4)cc23)o1)c1ccccc1Cl. The third-order valence-electron chi connectivity index (χ3n) is 5.26. The van der Waals surface area contributed by atoms with Crippen molar-refractivity contribution in [3.63, 3.8) is 0 Å². The molecule has 0 bridgehead atoms. The van der Waals surface area contributed by atoms with Crippen LogP contribution in [0, 0.1) is 0 Å². The summed E-state index contributed by atoms with van der Waals surface area (Å²) in [6.45, 7) is 2.33. The van der Waals surface area contributed by atoms with Gasteiger partial charge >= 0.3 is 6.01 Å². The molecule has 0 aliphatic carbocycles. The monoisotopic (exact) mass is 476 g/mol. The number of nitrogens with one attached hydrogen (secondary N) is 2. The van der Waals surface area contributed by atoms with Gasteiger partial charge in [-0.05, 0) is 25.1 Å². The lowest BCUT2D eigenvalue weighted by molar-refractivity contribution is -0.119. The molecule has 0 saturated carbocycles. The number of aromatic nitrogens is 6. The van der Waals surface area contributed by atoms with Gasteiger partial charge in [0.2, 0.25) is 5.91 Å². The van der Waals surface area contributed by atoms with E-state index in [4.69, 9.17) is 16.0 Å². The van der Waals surface area contributed by atoms with Crippen molar-refractivity contribution >= 4 is 40.2 Å². The van der Waals surface area contributed by atoms with Gasteiger partial charge in [0.15, 0.2) is 0 Å². The summed E-state index contributed by atoms with van der Waals surface area (Å²) in [5, 5.41) is 16.8. The molecule has 0 unspecified atom stereocenters. The highest BCUT2D eigenvalue weighted by molar-refractivity contribution is 6.33. The molecule has 34 heavy (non-hydrogen) atoms. The van der Waals surface area contributed by atoms with E-state index in [1.165, 1.54) is 0 Å². The van der Waals surface area contributed by atoms with Crippen LogP contribution >= 0.6 is 11.6 Å². The Bertz CT molecular complexity index is 1470. The minimum Gasteiger partial charge on any atom is -0.403 e. The van der Waals surface area contributed by atoms with Gasteiger partial charge in [-0.2, -0.15) is 5.10 Å². The van der Waals surface area contributed by atoms with Crippen molar-refractivity contribution < 1.29 is 9.21 Å². The summed E-state index contributed by atoms with van der Waals surface area (Å²) in [5.74, 6) is 0.0962. The zero-order chi connectivity index (χ0) is 23.7. The lowest BCUT2D eigenvalue weighted by atomic mass is 10.1. The second-order valence-electron chi connectivity index (χ2n) is 7.61. The Morgan fingerprint density at radius 2 is 2.09 bits per heavy atom. The molecular weight excluding hydrogens is 456 g/mol. The van der Waals surface area contributed by atoms with Gasteiger partial charge in [0.05, 0.1) is 22.5 Å². The highest BCUT2D eigenvalue weighted by Gasteiger charge is 2.23. The third kappa shape index (κ3) is 4.11. The van der Waals surface area contributed by atoms with E-state index in [0.717, 1.165) is 16.5 Å². The van der Waals surface area contributed by atoms with Crippen molar-refractivity contribution in [1.82, 2.24) is 35.3 Å². The molecule has 2 N–H and O–H groups in total. The van der Waals surface area contributed by atoms with Crippen LogP contribution < -0.4 is 10.2 Å². The molecule has 0 fully saturated rings. The van der Waals surface area contributed by atoms with Crippen LogP contribution in [-0.4, -0.2) is 48.9 Å². The predicted molar refractivity (Wildman–Crippen MR) is 129 cm³/mol. The molecule has 5 rings (SSSR count). The van der Waals surface area contributed by atoms with E-state index >= 15 is 0 Å². The maximum atomic E-state index is 12.4. The Morgan fingerprint density at radius 1 is 1.24 bits per heavy atom. The highest BCUT2D eigenvalue weighted by atomic mass is 35.5. The van der Waals surface area contributed by atoms with Gasteiger partial charge in [-0.1, -0.05) is 28.8 Å². The Hall–Kier alpha value is -4.18. The topological polar surface area (TPSA) is 118 Å². The Morgan fingerprint density at radius 3 is 2.85 bits per heavy atom. The zero-order valence-electron chi connectivity index (χ0n) is 18.5. The zero-order valence-corrected chi connectivity index (χ0v) is 19.2. The number of carbonyl (C=O) groups is 1. The summed E-state index contributed by atoms with van der Waals surface area (Å²) in [6, 6.07) is 9.32. The first kappa shape index (κ1) is 21.7. The highest BCUT2D eigenvalue weighted by Crippen LogP contribution is 2.35. The normalized spacial score (nSPS) is 11.1. The second kappa shape index (κ2) is 8.99. The van der Waals surface area contributed by atoms with Crippen molar-refractivity contribution in [3.8, 4) is 22.6 Å². The molecule has 4 aromatic heterocycles. The average Bonchev–Trinajstić information content (AvgIpc) is 3.57. The number of carbonyl (C=O) groups excluding carboxylic acids is 1. The largest absolute Gasteiger partial charge is 0.403 e. The maximum absolute atomic E-state index is 12.4. The Kier molecular flexibility index (Phi) is 5.72. The van der Waals surface area contributed by atoms with Crippen molar-refractivity contribution in [1.29, 1.82) is 0 Å². The number of hydrogen-bond acceptors (Lipinski definition) is 7. The van der Waals surface area contributed by atoms with Gasteiger partial charge in [0, 0.05) is 48.7 Å². The molecule has 0 radical (unpaired) electrons. The fraction of sp³-hybridized carbons (Fsp3) is 0.174. The standard InChI is InChI=1S/C23H21ClN8O2/c1-3-25-20(33)13-32(19-7-5-4-6-18(19)24)23-30-29-22(34-23)17-11-27-21-16(17)8-14(9-26-21)15-10-28-31(2)12-15/h4-12H,3,13H2,1-2H3,(H,25,33)(H,26,27). The molecule has 172 valence electrons. The smallest absolute Gasteiger partial charge is 0.323 e. The van der Waals surface area contributed by atoms with E-state index in [2.05, 4.69) is 30.6 Å². The summed E-state index contributed by atoms with van der Waals surface area (Å²) in [7, 11) is 1.86. The van der Waals surface area contributed by atoms with Gasteiger partial charge in [0.25, 0.3) is 5.89 Å². The number of pyridine rings is 1. The van der Waals surface area contributed by atoms with E-state index in [1.54, 1.807) is 40.3 Å². The van der Waals surface area contributed by atoms with Crippen molar-refractivity contribution in [3.05, 3.63) is 60.1 Å². The quantitative estimate of drug-likeness (QED) is 0.365. The first-order valence-corrected chi connectivity index (χ1v) is 11.0. The van der Waals surface area contributed by atoms with Gasteiger partial charge in [-0.15, -0.1) is 5.10 Å². The molecule has 11 heteroatoms. The van der Waals surface area contributed by atoms with Crippen LogP contribution in [0.25, 0.3) is 33.6 Å². The van der Waals surface area contributed by atoms with Crippen LogP contribution in [0.15, 0.2) is 59.5 Å². The predicted octanol–water partition coefficient (Wildman–Crippen LogP) is 3.94. The minimum absolute atomic E-state index is 0.0280. The first-order valence-electron chi connectivity index (χ1n) is 10.6. The van der Waals surface area contributed by atoms with Crippen molar-refractivity contribution in [2.24, 2.45) is 7.05 Å². The summed E-state index contributed by atoms with van der Waals surface area (Å²) in [6.07, 6.45) is 7.25. The average molecular weight is 477 g/mol. The van der Waals surface area contributed by atoms with Crippen molar-refractivity contribution in [2.45, 2.75) is 6.92 Å². The molecule has 1 amide bonds. The summed E-state index contributed by atoms with van der Waals surface area (Å²) < 4.78 is 7.77. The number of aromatic amines is 1. The summed E-state index contributed by atoms with van der Waals surface area (Å²) >= 11 is 6.41. The molecule has 0 aliphatic rings. The molecule has 0 spiro atoms. The number of rotatable bonds is 7. The number of fused-ring (bicyclic) bond motifs is 1. The minimum atomic E-state index is -0.195. The number of hydrogen-bond donors (Lipinski definition) is 2. The number of H-pyrrole nitrogens is 1. The van der Waals surface area contributed by atoms with Gasteiger partial charge in [0.1, 0.15) is 12.2 Å². The van der Waals surface area contributed by atoms with Crippen molar-refractivity contribution in [2.75, 3.05) is 18.0 Å². The summed E-state index contributed by atoms with van der Waals surface area (Å²) in [4.78, 5) is 21.6. The van der Waals surface area contributed by atoms with E-state index in [1.807, 2.05) is 38.4 Å². The number of amides is 1. The molecule has 0 saturated heterocycles. The van der Waals surface area contributed by atoms with E-state index in [-0.39, 0.29) is 18.5 Å². The number of nitrogens with zero attached hydrogens (tertiary/aromatic N) is 6. The lowest BCUT2D eigenvalue weighted by Crippen LogP contribution is -2.35. The molecule has 0 aliphatic heterocycles. The number of benzene rings is 1. The van der Waals surface area contributed by atoms with Crippen LogP contribution in [0.5, 0.6) is 0 Å². The fourth-order valence-electron chi connectivity index (χ4n) is 3.67. The second-order valence-corrected chi connectivity index (χ2v) is 8.01. The van der Waals surface area contributed by atoms with Gasteiger partial charge < -0.3 is 14.7 Å². The van der Waals surface area contributed by atoms with E-state index in [9.17, 15) is 4.79 Å². The van der Waals surface area contributed by atoms with Gasteiger partial charge in [-0.3, -0.25) is 14.4 Å². The maximum Gasteiger partial charge on any atom is 0.323 e. The van der Waals surface area contributed by atoms with Crippen LogP contribution in [0.2, 0.25) is 5.02 Å². The van der Waals surface area contributed by atoms with E-state index < -0.39 is 0 Å². The fourth-order valence-corrected chi connectivity index (χ4v) is 3.90. The number of likely N-dealkylation sites (N-methyl/N-ethyl adjacent to an activating group) is 1. The Balaban J connectivity index is 1.54. The Labute approximate surface area is 199 Å². The van der Waals surface area contributed by atoms with Gasteiger partial charge in [-0.25, -0.2) is 4.98 Å². The molecule has 1 aromatic carbocycles. The first-order chi connectivity index (χ1) is 16.5. The van der Waals surface area contributed by atoms with Crippen LogP contribution in [-0.2, 0) is 11.8 Å². The molecular formula is C23H21ClN8O2. The van der Waals surface area contributed by atoms with Crippen LogP contribution in [0.1, 0.15) is 6.92 Å².